The SMILES string of the molecule is O=S(=O)(c1ccccc1)[C@]12[C@@H]3[C@H]4C[C@H]1[C@]21[C@H]2C=C[C@@H](C2)[C@@]431. The lowest BCUT2D eigenvalue weighted by Gasteiger charge is -2.43. The Morgan fingerprint density at radius 2 is 1.76 bits per heavy atom. The van der Waals surface area contributed by atoms with Gasteiger partial charge in [0.05, 0.1) is 9.64 Å². The van der Waals surface area contributed by atoms with Crippen LogP contribution < -0.4 is 0 Å². The predicted octanol–water partition coefficient (Wildman–Crippen LogP) is 2.67. The van der Waals surface area contributed by atoms with E-state index in [4.69, 9.17) is 0 Å². The largest absolute Gasteiger partial charge is 0.223 e. The molecule has 6 saturated carbocycles. The van der Waals surface area contributed by atoms with Gasteiger partial charge in [-0.05, 0) is 60.0 Å². The van der Waals surface area contributed by atoms with Gasteiger partial charge in [0, 0.05) is 5.41 Å². The van der Waals surface area contributed by atoms with Crippen LogP contribution in [0.15, 0.2) is 47.4 Å². The van der Waals surface area contributed by atoms with Crippen molar-refractivity contribution in [1.82, 2.24) is 0 Å². The fraction of sp³-hybridized carbons (Fsp3) is 0.556. The summed E-state index contributed by atoms with van der Waals surface area (Å²) in [5.41, 5.74) is 0.613. The normalized spacial score (nSPS) is 62.2. The third kappa shape index (κ3) is 0.600. The van der Waals surface area contributed by atoms with Gasteiger partial charge in [-0.3, -0.25) is 0 Å². The molecule has 0 saturated heterocycles. The second-order valence-electron chi connectivity index (χ2n) is 8.12. The molecule has 0 unspecified atom stereocenters. The molecule has 0 amide bonds. The first-order chi connectivity index (χ1) is 10.2. The van der Waals surface area contributed by atoms with Gasteiger partial charge >= 0.3 is 0 Å². The molecule has 4 bridgehead atoms. The van der Waals surface area contributed by atoms with Gasteiger partial charge in [-0.25, -0.2) is 8.42 Å². The second kappa shape index (κ2) is 2.44. The van der Waals surface area contributed by atoms with E-state index in [9.17, 15) is 8.42 Å². The molecule has 1 aromatic carbocycles. The van der Waals surface area contributed by atoms with E-state index in [1.54, 1.807) is 12.1 Å². The van der Waals surface area contributed by atoms with Crippen molar-refractivity contribution in [2.24, 2.45) is 40.4 Å². The van der Waals surface area contributed by atoms with Crippen LogP contribution in [0.25, 0.3) is 0 Å². The number of hydrogen-bond donors (Lipinski definition) is 0. The van der Waals surface area contributed by atoms with Crippen LogP contribution in [0.2, 0.25) is 0 Å². The highest BCUT2D eigenvalue weighted by molar-refractivity contribution is 7.93. The fourth-order valence-corrected chi connectivity index (χ4v) is 11.8. The summed E-state index contributed by atoms with van der Waals surface area (Å²) in [7, 11) is -3.17. The standard InChI is InChI=1S/C18H16O2S/c19-21(20,12-4-2-1-3-5-12)18-14-9-13-15(18)16(13)10-6-7-11(8-10)17(14,16)18/h1-7,10-11,13-15H,8-9H2/t10-,11-,13+,14-,15+,16+,17-,18-/m0/s1. The van der Waals surface area contributed by atoms with E-state index in [0.29, 0.717) is 34.0 Å². The smallest absolute Gasteiger partial charge is 0.185 e. The molecular formula is C18H16O2S. The molecule has 21 heavy (non-hydrogen) atoms. The molecule has 3 heteroatoms. The molecule has 7 aliphatic rings. The highest BCUT2D eigenvalue weighted by atomic mass is 32.2. The summed E-state index contributed by atoms with van der Waals surface area (Å²) in [6.45, 7) is 0. The fourth-order valence-electron chi connectivity index (χ4n) is 8.70. The number of allylic oxidation sites excluding steroid dienone is 2. The zero-order valence-electron chi connectivity index (χ0n) is 11.6. The third-order valence-electron chi connectivity index (χ3n) is 8.50. The highest BCUT2D eigenvalue weighted by Crippen LogP contribution is 3.14. The Kier molecular flexibility index (Phi) is 1.23. The Balaban J connectivity index is 1.51. The molecule has 2 spiro atoms. The summed E-state index contributed by atoms with van der Waals surface area (Å²) in [5.74, 6) is 2.99. The van der Waals surface area contributed by atoms with Crippen LogP contribution >= 0.6 is 0 Å². The van der Waals surface area contributed by atoms with Crippen molar-refractivity contribution in [1.29, 1.82) is 0 Å². The third-order valence-corrected chi connectivity index (χ3v) is 11.2. The minimum Gasteiger partial charge on any atom is -0.223 e. The molecule has 0 radical (unpaired) electrons. The summed E-state index contributed by atoms with van der Waals surface area (Å²) in [6.07, 6.45) is 7.23. The summed E-state index contributed by atoms with van der Waals surface area (Å²) in [5, 5.41) is 0. The molecule has 2 nitrogen and oxygen atoms in total. The van der Waals surface area contributed by atoms with Gasteiger partial charge in [0.15, 0.2) is 9.84 Å². The molecule has 0 heterocycles. The molecule has 8 atom stereocenters. The predicted molar refractivity (Wildman–Crippen MR) is 77.0 cm³/mol. The monoisotopic (exact) mass is 296 g/mol. The first-order valence-electron chi connectivity index (χ1n) is 8.14. The van der Waals surface area contributed by atoms with Crippen molar-refractivity contribution in [3.05, 3.63) is 42.5 Å². The van der Waals surface area contributed by atoms with Gasteiger partial charge in [-0.2, -0.15) is 0 Å². The number of hydrogen-bond acceptors (Lipinski definition) is 2. The van der Waals surface area contributed by atoms with Crippen LogP contribution in [0.1, 0.15) is 12.8 Å². The van der Waals surface area contributed by atoms with E-state index in [1.165, 1.54) is 12.8 Å². The minimum atomic E-state index is -3.17. The van der Waals surface area contributed by atoms with Gasteiger partial charge in [0.2, 0.25) is 0 Å². The summed E-state index contributed by atoms with van der Waals surface area (Å²) < 4.78 is 26.5. The highest BCUT2D eigenvalue weighted by Gasteiger charge is 3.17. The Morgan fingerprint density at radius 1 is 1.00 bits per heavy atom. The van der Waals surface area contributed by atoms with Crippen LogP contribution in [0.3, 0.4) is 0 Å². The molecule has 7 aliphatic carbocycles. The average molecular weight is 296 g/mol. The van der Waals surface area contributed by atoms with E-state index >= 15 is 0 Å². The van der Waals surface area contributed by atoms with Crippen LogP contribution in [0.4, 0.5) is 0 Å². The molecule has 0 aliphatic heterocycles. The van der Waals surface area contributed by atoms with E-state index in [2.05, 4.69) is 12.2 Å². The summed E-state index contributed by atoms with van der Waals surface area (Å²) in [4.78, 5) is 0.569. The number of sulfone groups is 1. The molecule has 1 aromatic rings. The maximum Gasteiger partial charge on any atom is 0.185 e. The van der Waals surface area contributed by atoms with Gasteiger partial charge in [-0.15, -0.1) is 0 Å². The lowest BCUT2D eigenvalue weighted by molar-refractivity contribution is 0.133. The van der Waals surface area contributed by atoms with E-state index in [1.807, 2.05) is 18.2 Å². The minimum absolute atomic E-state index is 0.170. The first-order valence-corrected chi connectivity index (χ1v) is 9.62. The van der Waals surface area contributed by atoms with Crippen molar-refractivity contribution < 1.29 is 8.42 Å². The van der Waals surface area contributed by atoms with Crippen LogP contribution in [0.5, 0.6) is 0 Å². The van der Waals surface area contributed by atoms with Crippen molar-refractivity contribution in [3.8, 4) is 0 Å². The van der Waals surface area contributed by atoms with E-state index in [0.717, 1.165) is 5.92 Å². The molecular weight excluding hydrogens is 280 g/mol. The maximum atomic E-state index is 13.4. The Bertz CT molecular complexity index is 868. The first kappa shape index (κ1) is 10.6. The maximum absolute atomic E-state index is 13.4. The Hall–Kier alpha value is -1.09. The molecule has 0 N–H and O–H groups in total. The molecule has 6 fully saturated rings. The number of fused-ring (bicyclic) bond motifs is 2. The van der Waals surface area contributed by atoms with Crippen molar-refractivity contribution >= 4 is 9.84 Å². The van der Waals surface area contributed by atoms with E-state index in [-0.39, 0.29) is 10.2 Å². The Labute approximate surface area is 124 Å². The number of benzene rings is 1. The van der Waals surface area contributed by atoms with Crippen LogP contribution in [-0.2, 0) is 9.84 Å². The summed E-state index contributed by atoms with van der Waals surface area (Å²) in [6, 6.07) is 9.24. The van der Waals surface area contributed by atoms with Crippen molar-refractivity contribution in [2.45, 2.75) is 22.5 Å². The molecule has 106 valence electrons. The second-order valence-corrected chi connectivity index (χ2v) is 10.3. The van der Waals surface area contributed by atoms with Crippen LogP contribution in [0, 0.1) is 40.4 Å². The van der Waals surface area contributed by atoms with Crippen molar-refractivity contribution in [3.63, 3.8) is 0 Å². The average Bonchev–Trinajstić information content (AvgIpc) is 2.96. The van der Waals surface area contributed by atoms with Crippen molar-refractivity contribution in [2.75, 3.05) is 0 Å². The van der Waals surface area contributed by atoms with Crippen LogP contribution in [-0.4, -0.2) is 13.2 Å². The lowest BCUT2D eigenvalue weighted by Crippen LogP contribution is -2.50. The van der Waals surface area contributed by atoms with Gasteiger partial charge < -0.3 is 0 Å². The Morgan fingerprint density at radius 3 is 2.57 bits per heavy atom. The molecule has 8 rings (SSSR count). The van der Waals surface area contributed by atoms with Gasteiger partial charge in [0.1, 0.15) is 0 Å². The quantitative estimate of drug-likeness (QED) is 0.786. The van der Waals surface area contributed by atoms with Gasteiger partial charge in [0.25, 0.3) is 0 Å². The zero-order chi connectivity index (χ0) is 13.8. The van der Waals surface area contributed by atoms with E-state index < -0.39 is 9.84 Å². The number of rotatable bonds is 2. The molecule has 0 aromatic heterocycles. The zero-order valence-corrected chi connectivity index (χ0v) is 12.4. The summed E-state index contributed by atoms with van der Waals surface area (Å²) >= 11 is 0. The topological polar surface area (TPSA) is 34.1 Å². The van der Waals surface area contributed by atoms with Gasteiger partial charge in [-0.1, -0.05) is 30.4 Å². The lowest BCUT2D eigenvalue weighted by atomic mass is 9.65.